The van der Waals surface area contributed by atoms with Gasteiger partial charge in [0.05, 0.1) is 10.8 Å². The van der Waals surface area contributed by atoms with Crippen LogP contribution in [0.5, 0.6) is 0 Å². The van der Waals surface area contributed by atoms with Crippen LogP contribution in [0.3, 0.4) is 0 Å². The monoisotopic (exact) mass is 260 g/mol. The van der Waals surface area contributed by atoms with Gasteiger partial charge in [0.2, 0.25) is 0 Å². The third-order valence-corrected chi connectivity index (χ3v) is 4.31. The Morgan fingerprint density at radius 2 is 2.06 bits per heavy atom. The molecule has 1 aromatic rings. The molecule has 1 aliphatic rings. The van der Waals surface area contributed by atoms with Crippen LogP contribution in [0.2, 0.25) is 0 Å². The van der Waals surface area contributed by atoms with Crippen molar-refractivity contribution < 1.29 is 17.8 Å². The Hall–Kier alpha value is -1.50. The van der Waals surface area contributed by atoms with Gasteiger partial charge in [0.25, 0.3) is 5.91 Å². The largest absolute Gasteiger partial charge is 0.268 e. The Labute approximate surface area is 97.1 Å². The van der Waals surface area contributed by atoms with Crippen LogP contribution in [-0.2, 0) is 9.92 Å². The van der Waals surface area contributed by atoms with Crippen LogP contribution in [0, 0.1) is 16.4 Å². The fourth-order valence-electron chi connectivity index (χ4n) is 1.35. The zero-order chi connectivity index (χ0) is 12.6. The lowest BCUT2D eigenvalue weighted by Gasteiger charge is -2.08. The Morgan fingerprint density at radius 3 is 2.65 bits per heavy atom. The number of hydrogen-bond acceptors (Lipinski definition) is 3. The van der Waals surface area contributed by atoms with Crippen LogP contribution in [0.25, 0.3) is 0 Å². The molecule has 0 aliphatic heterocycles. The number of nitrogens with one attached hydrogen (secondary N) is 2. The Kier molecular flexibility index (Phi) is 2.86. The van der Waals surface area contributed by atoms with E-state index in [0.29, 0.717) is 18.9 Å². The quantitative estimate of drug-likeness (QED) is 0.870. The highest BCUT2D eigenvalue weighted by Crippen LogP contribution is 2.28. The third-order valence-electron chi connectivity index (χ3n) is 2.41. The van der Waals surface area contributed by atoms with E-state index in [1.54, 1.807) is 0 Å². The van der Waals surface area contributed by atoms with Gasteiger partial charge < -0.3 is 0 Å². The maximum atomic E-state index is 13.2. The van der Waals surface area contributed by atoms with Gasteiger partial charge in [-0.15, -0.1) is 0 Å². The minimum atomic E-state index is -3.25. The molecule has 0 aromatic heterocycles. The first-order valence-electron chi connectivity index (χ1n) is 4.95. The normalized spacial score (nSPS) is 18.5. The lowest BCUT2D eigenvalue weighted by atomic mass is 10.2. The zero-order valence-corrected chi connectivity index (χ0v) is 9.52. The van der Waals surface area contributed by atoms with Crippen molar-refractivity contribution in [1.29, 1.82) is 4.78 Å². The first-order chi connectivity index (χ1) is 7.90. The fraction of sp³-hybridized carbons (Fsp3) is 0.300. The van der Waals surface area contributed by atoms with Gasteiger partial charge in [-0.2, -0.15) is 0 Å². The molecule has 92 valence electrons. The smallest absolute Gasteiger partial charge is 0.266 e. The van der Waals surface area contributed by atoms with Gasteiger partial charge in [-0.05, 0) is 31.0 Å². The second-order valence-electron chi connectivity index (χ2n) is 3.86. The molecule has 4 nitrogen and oxygen atoms in total. The average molecular weight is 260 g/mol. The molecular weight excluding hydrogens is 250 g/mol. The van der Waals surface area contributed by atoms with Crippen molar-refractivity contribution in [3.8, 4) is 0 Å². The van der Waals surface area contributed by atoms with Crippen molar-refractivity contribution in [3.05, 3.63) is 35.4 Å². The van der Waals surface area contributed by atoms with Crippen LogP contribution in [-0.4, -0.2) is 15.4 Å². The van der Waals surface area contributed by atoms with Crippen molar-refractivity contribution >= 4 is 15.8 Å². The molecule has 0 saturated heterocycles. The number of hydrogen-bond donors (Lipinski definition) is 2. The number of carbonyl (C=O) groups excluding carboxylic acids is 1. The van der Waals surface area contributed by atoms with E-state index in [-0.39, 0.29) is 5.25 Å². The molecule has 2 rings (SSSR count). The van der Waals surface area contributed by atoms with Crippen LogP contribution < -0.4 is 4.72 Å². The molecule has 1 aromatic carbocycles. The molecule has 0 bridgehead atoms. The lowest BCUT2D eigenvalue weighted by molar-refractivity contribution is 0.0978. The molecule has 1 unspecified atom stereocenters. The summed E-state index contributed by atoms with van der Waals surface area (Å²) in [5.74, 6) is -2.69. The highest BCUT2D eigenvalue weighted by atomic mass is 32.2. The highest BCUT2D eigenvalue weighted by molar-refractivity contribution is 7.92. The molecular formula is C10H10F2N2O2S. The summed E-state index contributed by atoms with van der Waals surface area (Å²) in [5.41, 5.74) is -0.536. The second-order valence-corrected chi connectivity index (χ2v) is 5.93. The molecule has 7 heteroatoms. The van der Waals surface area contributed by atoms with Gasteiger partial charge >= 0.3 is 0 Å². The molecule has 2 N–H and O–H groups in total. The number of rotatable bonds is 3. The van der Waals surface area contributed by atoms with E-state index in [2.05, 4.69) is 0 Å². The minimum absolute atomic E-state index is 0.372. The third kappa shape index (κ3) is 2.60. The number of halogens is 2. The van der Waals surface area contributed by atoms with E-state index in [0.717, 1.165) is 12.1 Å². The van der Waals surface area contributed by atoms with E-state index in [1.807, 2.05) is 4.72 Å². The molecule has 1 fully saturated rings. The second kappa shape index (κ2) is 4.06. The fourth-order valence-corrected chi connectivity index (χ4v) is 2.70. The van der Waals surface area contributed by atoms with Crippen molar-refractivity contribution in [2.45, 2.75) is 18.1 Å². The Balaban J connectivity index is 2.22. The zero-order valence-electron chi connectivity index (χ0n) is 8.70. The van der Waals surface area contributed by atoms with E-state index in [9.17, 15) is 17.8 Å². The van der Waals surface area contributed by atoms with Gasteiger partial charge in [-0.1, -0.05) is 0 Å². The molecule has 1 amide bonds. The number of amides is 1. The number of carbonyl (C=O) groups is 1. The predicted octanol–water partition coefficient (Wildman–Crippen LogP) is 1.82. The molecule has 17 heavy (non-hydrogen) atoms. The first-order valence-corrected chi connectivity index (χ1v) is 6.57. The summed E-state index contributed by atoms with van der Waals surface area (Å²) in [6.07, 6.45) is 1.21. The van der Waals surface area contributed by atoms with Crippen molar-refractivity contribution in [2.75, 3.05) is 0 Å². The van der Waals surface area contributed by atoms with Crippen LogP contribution in [0.1, 0.15) is 23.2 Å². The van der Waals surface area contributed by atoms with Crippen LogP contribution >= 0.6 is 0 Å². The Morgan fingerprint density at radius 1 is 1.41 bits per heavy atom. The molecule has 1 aliphatic carbocycles. The van der Waals surface area contributed by atoms with Crippen molar-refractivity contribution in [2.24, 2.45) is 0 Å². The minimum Gasteiger partial charge on any atom is -0.268 e. The summed E-state index contributed by atoms with van der Waals surface area (Å²) in [6.45, 7) is 0. The van der Waals surface area contributed by atoms with Gasteiger partial charge in [0.1, 0.15) is 21.5 Å². The standard InChI is InChI=1S/C10H10F2N2O2S/c11-6-1-4-9(12)8(5-6)10(15)14-17(13,16)7-2-3-7/h1,4-5,7H,2-3H2,(H2,13,14,15,16). The molecule has 0 radical (unpaired) electrons. The summed E-state index contributed by atoms with van der Waals surface area (Å²) in [5, 5.41) is -0.372. The van der Waals surface area contributed by atoms with Crippen LogP contribution in [0.15, 0.2) is 18.2 Å². The summed E-state index contributed by atoms with van der Waals surface area (Å²) < 4.78 is 47.1. The van der Waals surface area contributed by atoms with Gasteiger partial charge in [0.15, 0.2) is 0 Å². The lowest BCUT2D eigenvalue weighted by Crippen LogP contribution is -2.32. The molecule has 1 saturated carbocycles. The summed E-state index contributed by atoms with van der Waals surface area (Å²) in [6, 6.07) is 2.41. The molecule has 0 heterocycles. The van der Waals surface area contributed by atoms with Crippen molar-refractivity contribution in [1.82, 2.24) is 4.72 Å². The van der Waals surface area contributed by atoms with E-state index >= 15 is 0 Å². The molecule has 0 spiro atoms. The average Bonchev–Trinajstić information content (AvgIpc) is 3.04. The predicted molar refractivity (Wildman–Crippen MR) is 57.7 cm³/mol. The van der Waals surface area contributed by atoms with Gasteiger partial charge in [-0.25, -0.2) is 17.8 Å². The molecule has 1 atom stereocenters. The highest BCUT2D eigenvalue weighted by Gasteiger charge is 2.34. The SMILES string of the molecule is N=S(=O)(NC(=O)c1cc(F)ccc1F)C1CC1. The summed E-state index contributed by atoms with van der Waals surface area (Å²) >= 11 is 0. The number of benzene rings is 1. The summed E-state index contributed by atoms with van der Waals surface area (Å²) in [7, 11) is -3.25. The maximum Gasteiger partial charge on any atom is 0.266 e. The van der Waals surface area contributed by atoms with E-state index in [4.69, 9.17) is 4.78 Å². The Bertz CT molecular complexity index is 568. The van der Waals surface area contributed by atoms with E-state index < -0.39 is 33.0 Å². The first kappa shape index (κ1) is 12.0. The van der Waals surface area contributed by atoms with E-state index in [1.165, 1.54) is 0 Å². The van der Waals surface area contributed by atoms with Gasteiger partial charge in [-0.3, -0.25) is 9.52 Å². The summed E-state index contributed by atoms with van der Waals surface area (Å²) in [4.78, 5) is 11.5. The maximum absolute atomic E-state index is 13.2. The van der Waals surface area contributed by atoms with Gasteiger partial charge in [0, 0.05) is 0 Å². The topological polar surface area (TPSA) is 70.0 Å². The van der Waals surface area contributed by atoms with Crippen LogP contribution in [0.4, 0.5) is 8.78 Å². The van der Waals surface area contributed by atoms with Crippen molar-refractivity contribution in [3.63, 3.8) is 0 Å².